The highest BCUT2D eigenvalue weighted by Gasteiger charge is 2.22. The minimum Gasteiger partial charge on any atom is -0.494 e. The molecule has 8 nitrogen and oxygen atoms in total. The Hall–Kier alpha value is -3.85. The molecule has 0 radical (unpaired) electrons. The first-order chi connectivity index (χ1) is 17.9. The van der Waals surface area contributed by atoms with Crippen molar-refractivity contribution in [2.75, 3.05) is 42.7 Å². The molecule has 0 amide bonds. The first-order valence-electron chi connectivity index (χ1n) is 12.5. The van der Waals surface area contributed by atoms with Gasteiger partial charge in [0.2, 0.25) is 0 Å². The molecule has 3 aromatic rings. The van der Waals surface area contributed by atoms with Gasteiger partial charge in [-0.1, -0.05) is 6.07 Å². The number of amidine groups is 1. The predicted molar refractivity (Wildman–Crippen MR) is 144 cm³/mol. The third kappa shape index (κ3) is 6.48. The van der Waals surface area contributed by atoms with E-state index in [0.717, 1.165) is 24.6 Å². The van der Waals surface area contributed by atoms with Gasteiger partial charge >= 0.3 is 0 Å². The number of ether oxygens (including phenoxy) is 3. The molecule has 9 heteroatoms. The molecule has 3 N–H and O–H groups in total. The van der Waals surface area contributed by atoms with Crippen molar-refractivity contribution in [2.45, 2.75) is 33.4 Å². The largest absolute Gasteiger partial charge is 0.494 e. The maximum atomic E-state index is 16.0. The lowest BCUT2D eigenvalue weighted by atomic mass is 10.1. The predicted octanol–water partition coefficient (Wildman–Crippen LogP) is 4.87. The van der Waals surface area contributed by atoms with Gasteiger partial charge < -0.3 is 29.7 Å². The number of nitrogen functional groups attached to an aromatic ring is 1. The number of anilines is 3. The zero-order valence-electron chi connectivity index (χ0n) is 21.5. The number of halogens is 1. The van der Waals surface area contributed by atoms with Gasteiger partial charge in [0.25, 0.3) is 0 Å². The van der Waals surface area contributed by atoms with E-state index >= 15 is 4.39 Å². The molecule has 0 spiro atoms. The lowest BCUT2D eigenvalue weighted by molar-refractivity contribution is 0.122. The van der Waals surface area contributed by atoms with Crippen molar-refractivity contribution in [3.05, 3.63) is 71.7 Å². The molecule has 1 aliphatic rings. The van der Waals surface area contributed by atoms with E-state index < -0.39 is 5.82 Å². The van der Waals surface area contributed by atoms with Crippen LogP contribution in [0.15, 0.2) is 54.6 Å². The summed E-state index contributed by atoms with van der Waals surface area (Å²) in [5, 5.41) is 7.73. The topological polar surface area (TPSA) is 96.9 Å². The van der Waals surface area contributed by atoms with E-state index in [-0.39, 0.29) is 17.7 Å². The van der Waals surface area contributed by atoms with Gasteiger partial charge in [0.1, 0.15) is 17.4 Å². The van der Waals surface area contributed by atoms with Crippen molar-refractivity contribution >= 4 is 23.0 Å². The smallest absolute Gasteiger partial charge is 0.188 e. The number of rotatable bonds is 10. The number of pyridine rings is 1. The molecule has 0 saturated carbocycles. The Morgan fingerprint density at radius 3 is 2.54 bits per heavy atom. The quantitative estimate of drug-likeness (QED) is 0.299. The Morgan fingerprint density at radius 2 is 1.89 bits per heavy atom. The number of hydrogen-bond donors (Lipinski definition) is 2. The molecule has 0 bridgehead atoms. The molecule has 1 aromatic heterocycles. The van der Waals surface area contributed by atoms with Crippen LogP contribution in [0.1, 0.15) is 32.0 Å². The van der Waals surface area contributed by atoms with E-state index in [4.69, 9.17) is 30.3 Å². The zero-order valence-corrected chi connectivity index (χ0v) is 21.5. The Morgan fingerprint density at radius 1 is 1.16 bits per heavy atom. The lowest BCUT2D eigenvalue weighted by Crippen LogP contribution is -2.36. The first kappa shape index (κ1) is 26.2. The van der Waals surface area contributed by atoms with E-state index in [1.54, 1.807) is 24.3 Å². The minimum atomic E-state index is -0.489. The van der Waals surface area contributed by atoms with E-state index in [9.17, 15) is 0 Å². The van der Waals surface area contributed by atoms with Crippen LogP contribution in [-0.2, 0) is 11.3 Å². The van der Waals surface area contributed by atoms with Gasteiger partial charge in [0, 0.05) is 36.5 Å². The fourth-order valence-electron chi connectivity index (χ4n) is 4.17. The van der Waals surface area contributed by atoms with Gasteiger partial charge in [-0.2, -0.15) is 0 Å². The second-order valence-electron chi connectivity index (χ2n) is 8.99. The highest BCUT2D eigenvalue weighted by Crippen LogP contribution is 2.38. The molecule has 1 fully saturated rings. The van der Waals surface area contributed by atoms with Crippen LogP contribution >= 0.6 is 0 Å². The van der Waals surface area contributed by atoms with Crippen molar-refractivity contribution in [3.63, 3.8) is 0 Å². The number of hydrogen-bond acceptors (Lipinski definition) is 7. The van der Waals surface area contributed by atoms with Crippen LogP contribution in [0.25, 0.3) is 0 Å². The van der Waals surface area contributed by atoms with Gasteiger partial charge in [0.05, 0.1) is 43.9 Å². The summed E-state index contributed by atoms with van der Waals surface area (Å²) in [4.78, 5) is 8.90. The summed E-state index contributed by atoms with van der Waals surface area (Å²) in [6, 6.07) is 16.3. The molecule has 1 saturated heterocycles. The number of benzene rings is 2. The zero-order chi connectivity index (χ0) is 26.4. The van der Waals surface area contributed by atoms with Crippen molar-refractivity contribution in [1.29, 1.82) is 5.41 Å². The van der Waals surface area contributed by atoms with E-state index in [1.165, 1.54) is 0 Å². The maximum Gasteiger partial charge on any atom is 0.188 e. The molecule has 2 aromatic carbocycles. The molecule has 37 heavy (non-hydrogen) atoms. The molecule has 0 aliphatic carbocycles. The Balaban J connectivity index is 1.78. The van der Waals surface area contributed by atoms with Crippen molar-refractivity contribution < 1.29 is 18.6 Å². The van der Waals surface area contributed by atoms with Crippen LogP contribution in [0.2, 0.25) is 0 Å². The summed E-state index contributed by atoms with van der Waals surface area (Å²) >= 11 is 0. The standard InChI is InChI=1S/C28H34FN5O3/c1-4-36-23-16-24(27(29)25(17-23)37-19(2)3)34(22-10-8-20(9-11-22)28(30)31)18-21-6-5-7-26(32-21)33-12-14-35-15-13-33/h5-11,16-17,19H,4,12-15,18H2,1-3H3,(H3,30,31). The van der Waals surface area contributed by atoms with Crippen LogP contribution < -0.4 is 25.0 Å². The van der Waals surface area contributed by atoms with Crippen LogP contribution in [0.3, 0.4) is 0 Å². The lowest BCUT2D eigenvalue weighted by Gasteiger charge is -2.29. The van der Waals surface area contributed by atoms with Crippen LogP contribution in [0.5, 0.6) is 11.5 Å². The van der Waals surface area contributed by atoms with Crippen LogP contribution in [0, 0.1) is 11.2 Å². The van der Waals surface area contributed by atoms with Crippen LogP contribution in [0.4, 0.5) is 21.6 Å². The van der Waals surface area contributed by atoms with Crippen molar-refractivity contribution in [2.24, 2.45) is 5.73 Å². The fraction of sp³-hybridized carbons (Fsp3) is 0.357. The highest BCUT2D eigenvalue weighted by molar-refractivity contribution is 5.95. The van der Waals surface area contributed by atoms with Crippen molar-refractivity contribution in [3.8, 4) is 11.5 Å². The third-order valence-electron chi connectivity index (χ3n) is 5.90. The molecule has 4 rings (SSSR count). The summed E-state index contributed by atoms with van der Waals surface area (Å²) < 4.78 is 33.0. The normalized spacial score (nSPS) is 13.5. The van der Waals surface area contributed by atoms with Gasteiger partial charge in [0.15, 0.2) is 11.6 Å². The summed E-state index contributed by atoms with van der Waals surface area (Å²) in [5.41, 5.74) is 8.03. The Kier molecular flexibility index (Phi) is 8.45. The number of nitrogens with zero attached hydrogens (tertiary/aromatic N) is 3. The van der Waals surface area contributed by atoms with Gasteiger partial charge in [-0.3, -0.25) is 5.41 Å². The van der Waals surface area contributed by atoms with Crippen LogP contribution in [-0.4, -0.2) is 49.8 Å². The maximum absolute atomic E-state index is 16.0. The Bertz CT molecular complexity index is 1210. The summed E-state index contributed by atoms with van der Waals surface area (Å²) in [7, 11) is 0. The number of aromatic nitrogens is 1. The van der Waals surface area contributed by atoms with Gasteiger partial charge in [-0.25, -0.2) is 9.37 Å². The summed E-state index contributed by atoms with van der Waals surface area (Å²) in [6.45, 7) is 9.18. The van der Waals surface area contributed by atoms with Gasteiger partial charge in [-0.15, -0.1) is 0 Å². The van der Waals surface area contributed by atoms with E-state index in [1.807, 2.05) is 56.0 Å². The monoisotopic (exact) mass is 507 g/mol. The van der Waals surface area contributed by atoms with Crippen molar-refractivity contribution in [1.82, 2.24) is 4.98 Å². The van der Waals surface area contributed by atoms with E-state index in [0.29, 0.717) is 49.1 Å². The molecule has 1 aliphatic heterocycles. The number of nitrogens with one attached hydrogen (secondary N) is 1. The number of morpholine rings is 1. The third-order valence-corrected chi connectivity index (χ3v) is 5.90. The molecule has 0 atom stereocenters. The summed E-state index contributed by atoms with van der Waals surface area (Å²) in [6.07, 6.45) is -0.214. The second kappa shape index (κ2) is 11.9. The molecular weight excluding hydrogens is 473 g/mol. The highest BCUT2D eigenvalue weighted by atomic mass is 19.1. The molecule has 2 heterocycles. The minimum absolute atomic E-state index is 0.0323. The van der Waals surface area contributed by atoms with E-state index in [2.05, 4.69) is 4.90 Å². The first-order valence-corrected chi connectivity index (χ1v) is 12.5. The Labute approximate surface area is 217 Å². The summed E-state index contributed by atoms with van der Waals surface area (Å²) in [5.74, 6) is 0.971. The second-order valence-corrected chi connectivity index (χ2v) is 8.99. The average Bonchev–Trinajstić information content (AvgIpc) is 2.90. The molecule has 0 unspecified atom stereocenters. The SMILES string of the molecule is CCOc1cc(OC(C)C)c(F)c(N(Cc2cccc(N3CCOCC3)n2)c2ccc(C(=N)N)cc2)c1. The number of nitrogens with two attached hydrogens (primary N) is 1. The molecule has 196 valence electrons. The van der Waals surface area contributed by atoms with Gasteiger partial charge in [-0.05, 0) is 57.2 Å². The average molecular weight is 508 g/mol. The fourth-order valence-corrected chi connectivity index (χ4v) is 4.17. The molecular formula is C28H34FN5O3.